The molecule has 0 saturated heterocycles. The second-order valence-corrected chi connectivity index (χ2v) is 4.25. The quantitative estimate of drug-likeness (QED) is 0.541. The second kappa shape index (κ2) is 3.47. The molecule has 3 heteroatoms. The molecule has 0 fully saturated rings. The van der Waals surface area contributed by atoms with Gasteiger partial charge in [0.1, 0.15) is 5.58 Å². The minimum absolute atomic E-state index is 0.910. The normalized spacial score (nSPS) is 11.3. The van der Waals surface area contributed by atoms with E-state index in [4.69, 9.17) is 4.42 Å². The third-order valence-electron chi connectivity index (χ3n) is 3.22. The van der Waals surface area contributed by atoms with E-state index in [9.17, 15) is 0 Å². The van der Waals surface area contributed by atoms with Crippen LogP contribution in [0.2, 0.25) is 0 Å². The van der Waals surface area contributed by atoms with Crippen molar-refractivity contribution in [3.8, 4) is 11.1 Å². The van der Waals surface area contributed by atoms with E-state index in [2.05, 4.69) is 22.1 Å². The number of imidazole rings is 1. The average Bonchev–Trinajstić information content (AvgIpc) is 3.06. The molecule has 0 saturated carbocycles. The zero-order valence-corrected chi connectivity index (χ0v) is 9.55. The van der Waals surface area contributed by atoms with Crippen LogP contribution in [0.4, 0.5) is 0 Å². The Morgan fingerprint density at radius 2 is 1.83 bits per heavy atom. The van der Waals surface area contributed by atoms with Crippen molar-refractivity contribution in [1.29, 1.82) is 0 Å². The summed E-state index contributed by atoms with van der Waals surface area (Å²) in [4.78, 5) is 7.52. The number of nitrogens with one attached hydrogen (secondary N) is 1. The predicted octanol–water partition coefficient (Wildman–Crippen LogP) is 3.98. The van der Waals surface area contributed by atoms with Gasteiger partial charge in [0.15, 0.2) is 0 Å². The standard InChI is InChI=1S/C15H10N2O/c1-3-10-7-8-18-15(10)12(5-1)11-4-2-6-13-14(11)17-9-16-13/h1-9H,(H,16,17). The molecule has 2 heterocycles. The van der Waals surface area contributed by atoms with Gasteiger partial charge in [0.05, 0.1) is 23.6 Å². The van der Waals surface area contributed by atoms with E-state index < -0.39 is 0 Å². The second-order valence-electron chi connectivity index (χ2n) is 4.25. The SMILES string of the molecule is c1cc(-c2cccc3[nH]cnc23)c2occc2c1. The van der Waals surface area contributed by atoms with E-state index in [1.807, 2.05) is 30.3 Å². The van der Waals surface area contributed by atoms with E-state index in [0.29, 0.717) is 0 Å². The zero-order valence-electron chi connectivity index (χ0n) is 9.55. The summed E-state index contributed by atoms with van der Waals surface area (Å²) in [5.74, 6) is 0. The number of hydrogen-bond acceptors (Lipinski definition) is 2. The van der Waals surface area contributed by atoms with Gasteiger partial charge in [0.2, 0.25) is 0 Å². The molecule has 4 rings (SSSR count). The first kappa shape index (κ1) is 9.48. The highest BCUT2D eigenvalue weighted by molar-refractivity contribution is 6.00. The van der Waals surface area contributed by atoms with Crippen LogP contribution in [0.25, 0.3) is 33.1 Å². The van der Waals surface area contributed by atoms with Crippen molar-refractivity contribution in [2.24, 2.45) is 0 Å². The number of hydrogen-bond donors (Lipinski definition) is 1. The summed E-state index contributed by atoms with van der Waals surface area (Å²) >= 11 is 0. The maximum atomic E-state index is 5.59. The number of H-pyrrole nitrogens is 1. The van der Waals surface area contributed by atoms with E-state index in [-0.39, 0.29) is 0 Å². The first-order valence-corrected chi connectivity index (χ1v) is 5.82. The Morgan fingerprint density at radius 1 is 0.944 bits per heavy atom. The van der Waals surface area contributed by atoms with Crippen molar-refractivity contribution in [2.45, 2.75) is 0 Å². The number of benzene rings is 2. The van der Waals surface area contributed by atoms with Gasteiger partial charge in [-0.2, -0.15) is 0 Å². The highest BCUT2D eigenvalue weighted by Gasteiger charge is 2.10. The number of aromatic nitrogens is 2. The summed E-state index contributed by atoms with van der Waals surface area (Å²) in [7, 11) is 0. The molecule has 0 amide bonds. The predicted molar refractivity (Wildman–Crippen MR) is 71.3 cm³/mol. The van der Waals surface area contributed by atoms with Crippen LogP contribution in [0.5, 0.6) is 0 Å². The number of para-hydroxylation sites is 2. The van der Waals surface area contributed by atoms with Crippen molar-refractivity contribution < 1.29 is 4.42 Å². The van der Waals surface area contributed by atoms with E-state index in [1.54, 1.807) is 12.6 Å². The lowest BCUT2D eigenvalue weighted by Gasteiger charge is -2.03. The Kier molecular flexibility index (Phi) is 1.83. The molecule has 0 aliphatic heterocycles. The van der Waals surface area contributed by atoms with Crippen LogP contribution < -0.4 is 0 Å². The lowest BCUT2D eigenvalue weighted by molar-refractivity contribution is 0.617. The monoisotopic (exact) mass is 234 g/mol. The fourth-order valence-corrected chi connectivity index (χ4v) is 2.39. The van der Waals surface area contributed by atoms with E-state index in [1.165, 1.54) is 0 Å². The Balaban J connectivity index is 2.13. The van der Waals surface area contributed by atoms with Gasteiger partial charge in [-0.05, 0) is 12.1 Å². The number of nitrogens with zero attached hydrogens (tertiary/aromatic N) is 1. The lowest BCUT2D eigenvalue weighted by atomic mass is 10.0. The average molecular weight is 234 g/mol. The van der Waals surface area contributed by atoms with Crippen molar-refractivity contribution in [2.75, 3.05) is 0 Å². The van der Waals surface area contributed by atoms with Crippen molar-refractivity contribution in [3.63, 3.8) is 0 Å². The molecule has 4 aromatic rings. The van der Waals surface area contributed by atoms with Gasteiger partial charge in [-0.3, -0.25) is 0 Å². The Labute approximate surface area is 103 Å². The van der Waals surface area contributed by atoms with Gasteiger partial charge in [-0.25, -0.2) is 4.98 Å². The Bertz CT molecular complexity index is 770. The maximum absolute atomic E-state index is 5.59. The van der Waals surface area contributed by atoms with Crippen LogP contribution in [0.3, 0.4) is 0 Å². The molecule has 0 radical (unpaired) electrons. The molecular weight excluding hydrogens is 224 g/mol. The smallest absolute Gasteiger partial charge is 0.141 e. The van der Waals surface area contributed by atoms with Gasteiger partial charge < -0.3 is 9.40 Å². The highest BCUT2D eigenvalue weighted by atomic mass is 16.3. The first-order chi connectivity index (χ1) is 8.93. The number of fused-ring (bicyclic) bond motifs is 2. The van der Waals surface area contributed by atoms with Crippen LogP contribution in [0, 0.1) is 0 Å². The summed E-state index contributed by atoms with van der Waals surface area (Å²) in [5.41, 5.74) is 5.09. The molecule has 0 aliphatic rings. The first-order valence-electron chi connectivity index (χ1n) is 5.82. The van der Waals surface area contributed by atoms with Crippen molar-refractivity contribution in [1.82, 2.24) is 9.97 Å². The maximum Gasteiger partial charge on any atom is 0.141 e. The van der Waals surface area contributed by atoms with Gasteiger partial charge >= 0.3 is 0 Å². The van der Waals surface area contributed by atoms with Crippen LogP contribution in [-0.2, 0) is 0 Å². The topological polar surface area (TPSA) is 41.8 Å². The zero-order chi connectivity index (χ0) is 11.9. The van der Waals surface area contributed by atoms with Gasteiger partial charge in [0.25, 0.3) is 0 Å². The van der Waals surface area contributed by atoms with E-state index >= 15 is 0 Å². The van der Waals surface area contributed by atoms with Gasteiger partial charge in [-0.15, -0.1) is 0 Å². The third-order valence-corrected chi connectivity index (χ3v) is 3.22. The highest BCUT2D eigenvalue weighted by Crippen LogP contribution is 2.32. The van der Waals surface area contributed by atoms with Crippen molar-refractivity contribution >= 4 is 22.0 Å². The molecule has 0 aliphatic carbocycles. The molecule has 0 atom stereocenters. The number of furan rings is 1. The largest absolute Gasteiger partial charge is 0.464 e. The summed E-state index contributed by atoms with van der Waals surface area (Å²) in [6.45, 7) is 0. The molecule has 2 aromatic carbocycles. The molecule has 18 heavy (non-hydrogen) atoms. The molecule has 1 N–H and O–H groups in total. The van der Waals surface area contributed by atoms with Crippen LogP contribution in [-0.4, -0.2) is 9.97 Å². The van der Waals surface area contributed by atoms with Gasteiger partial charge in [0, 0.05) is 16.5 Å². The summed E-state index contributed by atoms with van der Waals surface area (Å²) < 4.78 is 5.59. The number of aromatic amines is 1. The third kappa shape index (κ3) is 1.21. The minimum Gasteiger partial charge on any atom is -0.464 e. The summed E-state index contributed by atoms with van der Waals surface area (Å²) in [6, 6.07) is 14.2. The van der Waals surface area contributed by atoms with Crippen LogP contribution in [0.1, 0.15) is 0 Å². The Hall–Kier alpha value is -2.55. The molecular formula is C15H10N2O. The summed E-state index contributed by atoms with van der Waals surface area (Å²) in [5, 5.41) is 1.11. The molecule has 0 bridgehead atoms. The fraction of sp³-hybridized carbons (Fsp3) is 0. The van der Waals surface area contributed by atoms with Crippen LogP contribution in [0.15, 0.2) is 59.5 Å². The minimum atomic E-state index is 0.910. The molecule has 2 aromatic heterocycles. The fourth-order valence-electron chi connectivity index (χ4n) is 2.39. The van der Waals surface area contributed by atoms with Gasteiger partial charge in [-0.1, -0.05) is 30.3 Å². The lowest BCUT2D eigenvalue weighted by Crippen LogP contribution is -1.81. The molecule has 0 unspecified atom stereocenters. The van der Waals surface area contributed by atoms with Crippen molar-refractivity contribution in [3.05, 3.63) is 55.1 Å². The molecule has 86 valence electrons. The Morgan fingerprint density at radius 3 is 2.83 bits per heavy atom. The summed E-state index contributed by atoms with van der Waals surface area (Å²) in [6.07, 6.45) is 3.44. The van der Waals surface area contributed by atoms with Crippen LogP contribution >= 0.6 is 0 Å². The number of rotatable bonds is 1. The molecule has 0 spiro atoms. The molecule has 3 nitrogen and oxygen atoms in total. The van der Waals surface area contributed by atoms with E-state index in [0.717, 1.165) is 33.1 Å².